The predicted molar refractivity (Wildman–Crippen MR) is 78.7 cm³/mol. The van der Waals surface area contributed by atoms with E-state index in [9.17, 15) is 4.79 Å². The van der Waals surface area contributed by atoms with Gasteiger partial charge in [0.05, 0.1) is 11.1 Å². The van der Waals surface area contributed by atoms with Crippen molar-refractivity contribution < 1.29 is 4.79 Å². The quantitative estimate of drug-likeness (QED) is 0.928. The molecular weight excluding hydrogens is 260 g/mol. The van der Waals surface area contributed by atoms with Gasteiger partial charge in [0.2, 0.25) is 0 Å². The zero-order valence-corrected chi connectivity index (χ0v) is 12.1. The molecule has 2 aromatic rings. The first kappa shape index (κ1) is 13.8. The molecular formula is C15H17ClN2O. The van der Waals surface area contributed by atoms with Crippen LogP contribution in [0.25, 0.3) is 10.9 Å². The maximum Gasteiger partial charge on any atom is 0.252 e. The summed E-state index contributed by atoms with van der Waals surface area (Å²) in [6, 6.07) is 7.36. The molecule has 1 atom stereocenters. The van der Waals surface area contributed by atoms with Crippen molar-refractivity contribution in [1.82, 2.24) is 10.3 Å². The molecule has 0 aliphatic carbocycles. The molecule has 0 spiro atoms. The van der Waals surface area contributed by atoms with Gasteiger partial charge in [-0.1, -0.05) is 18.5 Å². The number of hydrogen-bond acceptors (Lipinski definition) is 2. The molecule has 0 aliphatic rings. The number of aryl methyl sites for hydroxylation is 1. The Hall–Kier alpha value is -1.61. The van der Waals surface area contributed by atoms with Gasteiger partial charge in [0.1, 0.15) is 0 Å². The number of nitrogens with one attached hydrogen (secondary N) is 1. The summed E-state index contributed by atoms with van der Waals surface area (Å²) >= 11 is 6.01. The normalized spacial score (nSPS) is 12.4. The topological polar surface area (TPSA) is 42.0 Å². The van der Waals surface area contributed by atoms with Gasteiger partial charge in [-0.25, -0.2) is 0 Å². The Bertz CT molecular complexity index is 625. The minimum Gasteiger partial charge on any atom is -0.350 e. The van der Waals surface area contributed by atoms with E-state index in [1.165, 1.54) is 0 Å². The van der Waals surface area contributed by atoms with Gasteiger partial charge in [0.25, 0.3) is 5.91 Å². The van der Waals surface area contributed by atoms with E-state index in [2.05, 4.69) is 10.3 Å². The third-order valence-electron chi connectivity index (χ3n) is 3.13. The Morgan fingerprint density at radius 3 is 2.84 bits per heavy atom. The van der Waals surface area contributed by atoms with Gasteiger partial charge in [-0.05, 0) is 44.5 Å². The van der Waals surface area contributed by atoms with E-state index >= 15 is 0 Å². The molecule has 0 aliphatic heterocycles. The van der Waals surface area contributed by atoms with Gasteiger partial charge < -0.3 is 5.32 Å². The maximum atomic E-state index is 12.3. The minimum absolute atomic E-state index is 0.0767. The molecule has 4 heteroatoms. The predicted octanol–water partition coefficient (Wildman–Crippen LogP) is 3.72. The van der Waals surface area contributed by atoms with Crippen molar-refractivity contribution in [2.75, 3.05) is 0 Å². The smallest absolute Gasteiger partial charge is 0.252 e. The van der Waals surface area contributed by atoms with Crippen molar-refractivity contribution in [3.63, 3.8) is 0 Å². The molecule has 0 saturated heterocycles. The van der Waals surface area contributed by atoms with Gasteiger partial charge in [-0.2, -0.15) is 0 Å². The van der Waals surface area contributed by atoms with Crippen LogP contribution in [0.2, 0.25) is 5.02 Å². The molecule has 1 aromatic heterocycles. The number of carbonyl (C=O) groups excluding carboxylic acids is 1. The summed E-state index contributed by atoms with van der Waals surface area (Å²) in [5.41, 5.74) is 2.24. The molecule has 1 heterocycles. The molecule has 1 N–H and O–H groups in total. The second kappa shape index (κ2) is 5.57. The van der Waals surface area contributed by atoms with Crippen molar-refractivity contribution in [1.29, 1.82) is 0 Å². The highest BCUT2D eigenvalue weighted by molar-refractivity contribution is 6.31. The summed E-state index contributed by atoms with van der Waals surface area (Å²) in [5, 5.41) is 4.37. The SMILES string of the molecule is CC[C@H](C)NC(=O)c1cc(C)nc2ccc(Cl)cc12. The number of amides is 1. The van der Waals surface area contributed by atoms with Gasteiger partial charge in [-0.3, -0.25) is 9.78 Å². The van der Waals surface area contributed by atoms with Crippen molar-refractivity contribution in [3.05, 3.63) is 40.5 Å². The highest BCUT2D eigenvalue weighted by Crippen LogP contribution is 2.22. The first-order valence-electron chi connectivity index (χ1n) is 6.39. The Balaban J connectivity index is 2.52. The second-order valence-electron chi connectivity index (χ2n) is 4.76. The standard InChI is InChI=1S/C15H17ClN2O/c1-4-9(2)18-15(19)13-7-10(3)17-14-6-5-11(16)8-12(13)14/h5-9H,4H2,1-3H3,(H,18,19)/t9-/m0/s1. The summed E-state index contributed by atoms with van der Waals surface area (Å²) in [6.07, 6.45) is 0.897. The van der Waals surface area contributed by atoms with Crippen LogP contribution >= 0.6 is 11.6 Å². The zero-order valence-electron chi connectivity index (χ0n) is 11.3. The maximum absolute atomic E-state index is 12.3. The number of hydrogen-bond donors (Lipinski definition) is 1. The molecule has 100 valence electrons. The average Bonchev–Trinajstić information content (AvgIpc) is 2.38. The second-order valence-corrected chi connectivity index (χ2v) is 5.19. The van der Waals surface area contributed by atoms with E-state index < -0.39 is 0 Å². The highest BCUT2D eigenvalue weighted by atomic mass is 35.5. The fourth-order valence-corrected chi connectivity index (χ4v) is 2.09. The van der Waals surface area contributed by atoms with E-state index in [0.717, 1.165) is 23.0 Å². The van der Waals surface area contributed by atoms with Crippen LogP contribution in [0.1, 0.15) is 36.3 Å². The Morgan fingerprint density at radius 1 is 1.42 bits per heavy atom. The van der Waals surface area contributed by atoms with Crippen LogP contribution in [-0.4, -0.2) is 16.9 Å². The van der Waals surface area contributed by atoms with Crippen LogP contribution in [0.3, 0.4) is 0 Å². The fourth-order valence-electron chi connectivity index (χ4n) is 1.92. The lowest BCUT2D eigenvalue weighted by Gasteiger charge is -2.13. The summed E-state index contributed by atoms with van der Waals surface area (Å²) in [5.74, 6) is -0.0767. The third-order valence-corrected chi connectivity index (χ3v) is 3.37. The minimum atomic E-state index is -0.0767. The lowest BCUT2D eigenvalue weighted by Crippen LogP contribution is -2.32. The van der Waals surface area contributed by atoms with Crippen molar-refractivity contribution in [2.24, 2.45) is 0 Å². The molecule has 19 heavy (non-hydrogen) atoms. The molecule has 0 saturated carbocycles. The van der Waals surface area contributed by atoms with E-state index in [4.69, 9.17) is 11.6 Å². The molecule has 1 aromatic carbocycles. The van der Waals surface area contributed by atoms with Crippen LogP contribution in [0, 0.1) is 6.92 Å². The van der Waals surface area contributed by atoms with Crippen LogP contribution < -0.4 is 5.32 Å². The molecule has 2 rings (SSSR count). The average molecular weight is 277 g/mol. The third kappa shape index (κ3) is 3.04. The number of benzene rings is 1. The zero-order chi connectivity index (χ0) is 14.0. The highest BCUT2D eigenvalue weighted by Gasteiger charge is 2.13. The monoisotopic (exact) mass is 276 g/mol. The van der Waals surface area contributed by atoms with Gasteiger partial charge >= 0.3 is 0 Å². The number of fused-ring (bicyclic) bond motifs is 1. The number of pyridine rings is 1. The number of nitrogens with zero attached hydrogens (tertiary/aromatic N) is 1. The lowest BCUT2D eigenvalue weighted by molar-refractivity contribution is 0.0941. The largest absolute Gasteiger partial charge is 0.350 e. The lowest BCUT2D eigenvalue weighted by atomic mass is 10.1. The van der Waals surface area contributed by atoms with E-state index in [1.54, 1.807) is 18.2 Å². The first-order valence-corrected chi connectivity index (χ1v) is 6.77. The molecule has 0 unspecified atom stereocenters. The summed E-state index contributed by atoms with van der Waals surface area (Å²) in [6.45, 7) is 5.91. The van der Waals surface area contributed by atoms with Gasteiger partial charge in [-0.15, -0.1) is 0 Å². The number of rotatable bonds is 3. The van der Waals surface area contributed by atoms with Crippen LogP contribution in [0.4, 0.5) is 0 Å². The summed E-state index contributed by atoms with van der Waals surface area (Å²) in [4.78, 5) is 16.7. The van der Waals surface area contributed by atoms with E-state index in [0.29, 0.717) is 10.6 Å². The Morgan fingerprint density at radius 2 is 2.16 bits per heavy atom. The van der Waals surface area contributed by atoms with Gasteiger partial charge in [0.15, 0.2) is 0 Å². The number of halogens is 1. The van der Waals surface area contributed by atoms with Crippen molar-refractivity contribution in [2.45, 2.75) is 33.2 Å². The number of carbonyl (C=O) groups is 1. The van der Waals surface area contributed by atoms with E-state index in [-0.39, 0.29) is 11.9 Å². The molecule has 1 amide bonds. The van der Waals surface area contributed by atoms with Crippen LogP contribution in [0.15, 0.2) is 24.3 Å². The number of aromatic nitrogens is 1. The summed E-state index contributed by atoms with van der Waals surface area (Å²) < 4.78 is 0. The van der Waals surface area contributed by atoms with Gasteiger partial charge in [0, 0.05) is 22.1 Å². The fraction of sp³-hybridized carbons (Fsp3) is 0.333. The Kier molecular flexibility index (Phi) is 4.05. The van der Waals surface area contributed by atoms with Crippen molar-refractivity contribution >= 4 is 28.4 Å². The molecule has 3 nitrogen and oxygen atoms in total. The van der Waals surface area contributed by atoms with E-state index in [1.807, 2.05) is 26.8 Å². The molecule has 0 radical (unpaired) electrons. The first-order chi connectivity index (χ1) is 9.01. The van der Waals surface area contributed by atoms with Crippen LogP contribution in [0.5, 0.6) is 0 Å². The molecule has 0 fully saturated rings. The summed E-state index contributed by atoms with van der Waals surface area (Å²) in [7, 11) is 0. The molecule has 0 bridgehead atoms. The Labute approximate surface area is 118 Å². The van der Waals surface area contributed by atoms with Crippen LogP contribution in [-0.2, 0) is 0 Å². The van der Waals surface area contributed by atoms with Crippen molar-refractivity contribution in [3.8, 4) is 0 Å².